The van der Waals surface area contributed by atoms with Crippen molar-refractivity contribution in [3.05, 3.63) is 66.5 Å². The molecule has 1 N–H and O–H groups in total. The number of oxime groups is 1. The van der Waals surface area contributed by atoms with Crippen LogP contribution in [0, 0.1) is 0 Å². The molecule has 2 aromatic heterocycles. The van der Waals surface area contributed by atoms with Crippen LogP contribution in [0.4, 0.5) is 5.82 Å². The Morgan fingerprint density at radius 2 is 1.91 bits per heavy atom. The van der Waals surface area contributed by atoms with E-state index in [0.717, 1.165) is 0 Å². The average molecular weight is 499 g/mol. The lowest BCUT2D eigenvalue weighted by molar-refractivity contribution is -0.110. The number of aromatic nitrogens is 4. The van der Waals surface area contributed by atoms with Gasteiger partial charge in [-0.25, -0.2) is 28.4 Å². The van der Waals surface area contributed by atoms with Gasteiger partial charge in [-0.1, -0.05) is 17.3 Å². The van der Waals surface area contributed by atoms with Crippen molar-refractivity contribution in [1.82, 2.24) is 19.9 Å². The van der Waals surface area contributed by atoms with Crippen LogP contribution in [-0.2, 0) is 30.8 Å². The fourth-order valence-corrected chi connectivity index (χ4v) is 4.78. The Hall–Kier alpha value is -3.97. The van der Waals surface area contributed by atoms with Crippen molar-refractivity contribution in [3.63, 3.8) is 0 Å². The molecule has 0 spiro atoms. The standard InChI is InChI=1S/C22H22N6O6S/c1-32-20-12-25-18(11-26-20)27-22(29)21(28-34-14-19-23-8-2-9-24-19)15-3-5-16(6-4-15)35(30,31)17-7-10-33-13-17/h2-6,8-9,11-12,17H,7,10,13-14H2,1H3,(H,25,27,29)/t17-/m0/s1. The molecule has 13 heteroatoms. The Morgan fingerprint density at radius 3 is 2.54 bits per heavy atom. The molecule has 0 radical (unpaired) electrons. The number of rotatable bonds is 9. The highest BCUT2D eigenvalue weighted by Gasteiger charge is 2.31. The maximum atomic E-state index is 13.0. The predicted octanol–water partition coefficient (Wildman–Crippen LogP) is 1.40. The van der Waals surface area contributed by atoms with Crippen molar-refractivity contribution < 1.29 is 27.5 Å². The molecule has 1 amide bonds. The highest BCUT2D eigenvalue weighted by atomic mass is 32.2. The van der Waals surface area contributed by atoms with Gasteiger partial charge in [0.15, 0.2) is 33.8 Å². The second kappa shape index (κ2) is 11.0. The van der Waals surface area contributed by atoms with E-state index < -0.39 is 21.0 Å². The third kappa shape index (κ3) is 5.94. The Morgan fingerprint density at radius 1 is 1.14 bits per heavy atom. The molecule has 1 aliphatic rings. The quantitative estimate of drug-likeness (QED) is 0.338. The van der Waals surface area contributed by atoms with Gasteiger partial charge in [0.2, 0.25) is 5.88 Å². The van der Waals surface area contributed by atoms with E-state index in [2.05, 4.69) is 30.4 Å². The van der Waals surface area contributed by atoms with Crippen LogP contribution in [0.3, 0.4) is 0 Å². The van der Waals surface area contributed by atoms with Gasteiger partial charge in [0.05, 0.1) is 36.3 Å². The van der Waals surface area contributed by atoms with Crippen LogP contribution in [-0.4, -0.2) is 65.5 Å². The number of carbonyl (C=O) groups is 1. The van der Waals surface area contributed by atoms with Crippen LogP contribution in [0.25, 0.3) is 0 Å². The molecule has 1 atom stereocenters. The minimum atomic E-state index is -3.55. The van der Waals surface area contributed by atoms with Crippen LogP contribution in [0.2, 0.25) is 0 Å². The van der Waals surface area contributed by atoms with Gasteiger partial charge in [-0.15, -0.1) is 0 Å². The van der Waals surface area contributed by atoms with E-state index in [9.17, 15) is 13.2 Å². The maximum Gasteiger partial charge on any atom is 0.279 e. The first-order chi connectivity index (χ1) is 17.0. The number of hydrogen-bond donors (Lipinski definition) is 1. The summed E-state index contributed by atoms with van der Waals surface area (Å²) in [5.41, 5.74) is 0.228. The van der Waals surface area contributed by atoms with E-state index >= 15 is 0 Å². The van der Waals surface area contributed by atoms with Crippen molar-refractivity contribution in [3.8, 4) is 5.88 Å². The first kappa shape index (κ1) is 24.2. The van der Waals surface area contributed by atoms with E-state index in [1.165, 1.54) is 43.8 Å². The van der Waals surface area contributed by atoms with Gasteiger partial charge in [-0.05, 0) is 24.6 Å². The molecule has 0 unspecified atom stereocenters. The number of amides is 1. The predicted molar refractivity (Wildman–Crippen MR) is 123 cm³/mol. The molecule has 1 aliphatic heterocycles. The summed E-state index contributed by atoms with van der Waals surface area (Å²) in [6, 6.07) is 7.50. The van der Waals surface area contributed by atoms with E-state index in [4.69, 9.17) is 14.3 Å². The molecular weight excluding hydrogens is 476 g/mol. The maximum absolute atomic E-state index is 13.0. The van der Waals surface area contributed by atoms with Crippen molar-refractivity contribution in [2.45, 2.75) is 23.2 Å². The highest BCUT2D eigenvalue weighted by Crippen LogP contribution is 2.23. The molecule has 3 aromatic rings. The molecular formula is C22H22N6O6S. The topological polar surface area (TPSA) is 155 Å². The number of benzene rings is 1. The largest absolute Gasteiger partial charge is 0.480 e. The molecule has 12 nitrogen and oxygen atoms in total. The lowest BCUT2D eigenvalue weighted by atomic mass is 10.1. The number of anilines is 1. The Kier molecular flexibility index (Phi) is 7.57. The normalized spacial score (nSPS) is 16.0. The summed E-state index contributed by atoms with van der Waals surface area (Å²) in [4.78, 5) is 34.6. The lowest BCUT2D eigenvalue weighted by Gasteiger charge is -2.11. The third-order valence-corrected chi connectivity index (χ3v) is 7.22. The molecule has 3 heterocycles. The van der Waals surface area contributed by atoms with Gasteiger partial charge in [-0.3, -0.25) is 4.79 Å². The fraction of sp³-hybridized carbons (Fsp3) is 0.273. The van der Waals surface area contributed by atoms with Crippen LogP contribution in [0.15, 0.2) is 65.2 Å². The van der Waals surface area contributed by atoms with Gasteiger partial charge in [0.25, 0.3) is 5.91 Å². The molecule has 35 heavy (non-hydrogen) atoms. The zero-order valence-electron chi connectivity index (χ0n) is 18.7. The monoisotopic (exact) mass is 498 g/mol. The van der Waals surface area contributed by atoms with Crippen LogP contribution < -0.4 is 10.1 Å². The summed E-state index contributed by atoms with van der Waals surface area (Å²) < 4.78 is 35.8. The first-order valence-corrected chi connectivity index (χ1v) is 12.1. The van der Waals surface area contributed by atoms with Crippen molar-refractivity contribution in [2.24, 2.45) is 5.16 Å². The molecule has 0 aliphatic carbocycles. The minimum Gasteiger partial charge on any atom is -0.480 e. The van der Waals surface area contributed by atoms with Gasteiger partial charge in [0.1, 0.15) is 0 Å². The molecule has 0 bridgehead atoms. The second-order valence-corrected chi connectivity index (χ2v) is 9.56. The van der Waals surface area contributed by atoms with E-state index in [1.54, 1.807) is 18.5 Å². The lowest BCUT2D eigenvalue weighted by Crippen LogP contribution is -2.25. The number of ether oxygens (including phenoxy) is 2. The van der Waals surface area contributed by atoms with Gasteiger partial charge in [0, 0.05) is 24.6 Å². The molecule has 1 aromatic carbocycles. The summed E-state index contributed by atoms with van der Waals surface area (Å²) in [5.74, 6) is 0.179. The Balaban J connectivity index is 1.57. The number of sulfone groups is 1. The Bertz CT molecular complexity index is 1280. The molecule has 4 rings (SSSR count). The van der Waals surface area contributed by atoms with Gasteiger partial charge in [-0.2, -0.15) is 0 Å². The smallest absolute Gasteiger partial charge is 0.279 e. The molecule has 1 saturated heterocycles. The van der Waals surface area contributed by atoms with Gasteiger partial charge >= 0.3 is 0 Å². The number of nitrogens with zero attached hydrogens (tertiary/aromatic N) is 5. The SMILES string of the molecule is COc1cnc(NC(=O)C(=NOCc2ncccn2)c2ccc(S(=O)(=O)[C@H]3CCOC3)cc2)cn1. The van der Waals surface area contributed by atoms with E-state index in [0.29, 0.717) is 24.4 Å². The Labute approximate surface area is 201 Å². The summed E-state index contributed by atoms with van der Waals surface area (Å²) in [7, 11) is -2.10. The molecule has 0 saturated carbocycles. The summed E-state index contributed by atoms with van der Waals surface area (Å²) in [5, 5.41) is 5.97. The minimum absolute atomic E-state index is 0.0753. The zero-order valence-corrected chi connectivity index (χ0v) is 19.5. The van der Waals surface area contributed by atoms with Crippen LogP contribution >= 0.6 is 0 Å². The van der Waals surface area contributed by atoms with Crippen LogP contribution in [0.5, 0.6) is 5.88 Å². The van der Waals surface area contributed by atoms with Gasteiger partial charge < -0.3 is 19.6 Å². The molecule has 1 fully saturated rings. The number of methoxy groups -OCH3 is 1. The number of nitrogens with one attached hydrogen (secondary N) is 1. The first-order valence-electron chi connectivity index (χ1n) is 10.5. The average Bonchev–Trinajstić information content (AvgIpc) is 3.44. The third-order valence-electron chi connectivity index (χ3n) is 5.05. The summed E-state index contributed by atoms with van der Waals surface area (Å²) in [6.45, 7) is 0.501. The highest BCUT2D eigenvalue weighted by molar-refractivity contribution is 7.92. The van der Waals surface area contributed by atoms with Crippen molar-refractivity contribution >= 4 is 27.3 Å². The second-order valence-electron chi connectivity index (χ2n) is 7.33. The number of hydrogen-bond acceptors (Lipinski definition) is 11. The van der Waals surface area contributed by atoms with Crippen molar-refractivity contribution in [2.75, 3.05) is 25.6 Å². The molecule has 182 valence electrons. The van der Waals surface area contributed by atoms with E-state index in [1.807, 2.05) is 0 Å². The summed E-state index contributed by atoms with van der Waals surface area (Å²) in [6.07, 6.45) is 6.23. The van der Waals surface area contributed by atoms with Crippen molar-refractivity contribution in [1.29, 1.82) is 0 Å². The summed E-state index contributed by atoms with van der Waals surface area (Å²) >= 11 is 0. The zero-order chi connectivity index (χ0) is 24.7. The number of carbonyl (C=O) groups excluding carboxylic acids is 1. The van der Waals surface area contributed by atoms with E-state index in [-0.39, 0.29) is 35.5 Å². The fourth-order valence-electron chi connectivity index (χ4n) is 3.20. The van der Waals surface area contributed by atoms with Crippen LogP contribution in [0.1, 0.15) is 17.8 Å².